The van der Waals surface area contributed by atoms with Crippen LogP contribution in [0.4, 0.5) is 0 Å². The van der Waals surface area contributed by atoms with Crippen LogP contribution in [0.3, 0.4) is 0 Å². The van der Waals surface area contributed by atoms with Gasteiger partial charge in [0.1, 0.15) is 0 Å². The molecule has 2 rings (SSSR count). The lowest BCUT2D eigenvalue weighted by Gasteiger charge is -2.10. The lowest BCUT2D eigenvalue weighted by Crippen LogP contribution is -2.14. The molecule has 1 aromatic heterocycles. The number of nitrogens with zero attached hydrogens (tertiary/aromatic N) is 1. The lowest BCUT2D eigenvalue weighted by atomic mass is 10.3. The number of hydrogen-bond donors (Lipinski definition) is 3. The number of ether oxygens (including phenoxy) is 1. The minimum Gasteiger partial charge on any atom is -0.503 e. The molecule has 1 aromatic carbocycles. The van der Waals surface area contributed by atoms with Gasteiger partial charge in [-0.05, 0) is 24.3 Å². The molecule has 0 bridgehead atoms. The maximum Gasteiger partial charge on any atom is 0.359 e. The third kappa shape index (κ3) is 2.38. The molecule has 1 heterocycles. The van der Waals surface area contributed by atoms with Gasteiger partial charge in [0.15, 0.2) is 22.9 Å². The zero-order valence-electron chi connectivity index (χ0n) is 10.7. The summed E-state index contributed by atoms with van der Waals surface area (Å²) in [5.74, 6) is -4.30. The summed E-state index contributed by atoms with van der Waals surface area (Å²) in [4.78, 5) is 23.0. The number of aromatic carboxylic acids is 1. The average Bonchev–Trinajstić information content (AvgIpc) is 2.71. The summed E-state index contributed by atoms with van der Waals surface area (Å²) >= 11 is 5.75. The highest BCUT2D eigenvalue weighted by molar-refractivity contribution is 6.30. The highest BCUT2D eigenvalue weighted by atomic mass is 35.5. The SMILES string of the molecule is COC(=O)c1c(O)c(O)c(C(=O)O)n1-c1ccc(Cl)cc1. The summed E-state index contributed by atoms with van der Waals surface area (Å²) in [7, 11) is 1.07. The minimum atomic E-state index is -1.52. The number of aromatic nitrogens is 1. The van der Waals surface area contributed by atoms with Crippen LogP contribution in [0, 0.1) is 0 Å². The third-order valence-electron chi connectivity index (χ3n) is 2.79. The van der Waals surface area contributed by atoms with E-state index in [2.05, 4.69) is 4.74 Å². The first-order valence-electron chi connectivity index (χ1n) is 5.62. The molecular formula is C13H10ClNO6. The summed E-state index contributed by atoms with van der Waals surface area (Å²) < 4.78 is 5.39. The van der Waals surface area contributed by atoms with Crippen molar-refractivity contribution in [2.45, 2.75) is 0 Å². The average molecular weight is 312 g/mol. The number of benzene rings is 1. The molecule has 3 N–H and O–H groups in total. The zero-order valence-corrected chi connectivity index (χ0v) is 11.5. The predicted molar refractivity (Wildman–Crippen MR) is 72.4 cm³/mol. The Morgan fingerprint density at radius 2 is 1.62 bits per heavy atom. The molecule has 0 radical (unpaired) electrons. The molecule has 2 aromatic rings. The molecule has 110 valence electrons. The maximum absolute atomic E-state index is 11.8. The van der Waals surface area contributed by atoms with Gasteiger partial charge in [-0.15, -0.1) is 0 Å². The van der Waals surface area contributed by atoms with Gasteiger partial charge < -0.3 is 20.1 Å². The number of carboxylic acid groups (broad SMARTS) is 1. The molecule has 0 aliphatic carbocycles. The molecule has 0 aliphatic heterocycles. The molecule has 0 amide bonds. The number of halogens is 1. The van der Waals surface area contributed by atoms with E-state index >= 15 is 0 Å². The Labute approximate surface area is 123 Å². The van der Waals surface area contributed by atoms with Crippen LogP contribution in [0.2, 0.25) is 5.02 Å². The van der Waals surface area contributed by atoms with Gasteiger partial charge in [0.25, 0.3) is 0 Å². The number of carbonyl (C=O) groups excluding carboxylic acids is 1. The summed E-state index contributed by atoms with van der Waals surface area (Å²) in [5, 5.41) is 29.1. The van der Waals surface area contributed by atoms with Crippen LogP contribution in [0.1, 0.15) is 21.0 Å². The Morgan fingerprint density at radius 1 is 1.10 bits per heavy atom. The van der Waals surface area contributed by atoms with E-state index in [0.29, 0.717) is 5.02 Å². The number of carbonyl (C=O) groups is 2. The maximum atomic E-state index is 11.8. The second-order valence-electron chi connectivity index (χ2n) is 4.00. The summed E-state index contributed by atoms with van der Waals surface area (Å²) in [5.41, 5.74) is -0.933. The van der Waals surface area contributed by atoms with E-state index in [0.717, 1.165) is 11.7 Å². The number of rotatable bonds is 3. The largest absolute Gasteiger partial charge is 0.503 e. The molecule has 0 saturated carbocycles. The number of carboxylic acids is 1. The van der Waals surface area contributed by atoms with Crippen LogP contribution in [0.15, 0.2) is 24.3 Å². The van der Waals surface area contributed by atoms with Gasteiger partial charge in [-0.2, -0.15) is 0 Å². The summed E-state index contributed by atoms with van der Waals surface area (Å²) in [6, 6.07) is 5.80. The van der Waals surface area contributed by atoms with E-state index in [1.807, 2.05) is 0 Å². The fourth-order valence-corrected chi connectivity index (χ4v) is 2.00. The van der Waals surface area contributed by atoms with Crippen molar-refractivity contribution in [1.29, 1.82) is 0 Å². The Hall–Kier alpha value is -2.67. The molecule has 0 unspecified atom stereocenters. The van der Waals surface area contributed by atoms with Crippen molar-refractivity contribution in [2.24, 2.45) is 0 Å². The van der Waals surface area contributed by atoms with Gasteiger partial charge in [0, 0.05) is 10.7 Å². The quantitative estimate of drug-likeness (QED) is 0.748. The topological polar surface area (TPSA) is 109 Å². The summed E-state index contributed by atoms with van der Waals surface area (Å²) in [6.07, 6.45) is 0. The first kappa shape index (κ1) is 14.7. The highest BCUT2D eigenvalue weighted by Crippen LogP contribution is 2.38. The van der Waals surface area contributed by atoms with Gasteiger partial charge in [-0.1, -0.05) is 11.6 Å². The fraction of sp³-hybridized carbons (Fsp3) is 0.0769. The highest BCUT2D eigenvalue weighted by Gasteiger charge is 2.32. The molecule has 0 saturated heterocycles. The van der Waals surface area contributed by atoms with E-state index < -0.39 is 34.8 Å². The van der Waals surface area contributed by atoms with E-state index in [-0.39, 0.29) is 5.69 Å². The van der Waals surface area contributed by atoms with Crippen LogP contribution >= 0.6 is 11.6 Å². The van der Waals surface area contributed by atoms with E-state index in [1.54, 1.807) is 0 Å². The van der Waals surface area contributed by atoms with E-state index in [9.17, 15) is 24.9 Å². The van der Waals surface area contributed by atoms with Crippen LogP contribution in [-0.2, 0) is 4.74 Å². The van der Waals surface area contributed by atoms with Gasteiger partial charge in [0.05, 0.1) is 7.11 Å². The first-order valence-corrected chi connectivity index (χ1v) is 6.00. The van der Waals surface area contributed by atoms with E-state index in [1.165, 1.54) is 24.3 Å². The predicted octanol–water partition coefficient (Wildman–Crippen LogP) is 2.03. The van der Waals surface area contributed by atoms with Crippen molar-refractivity contribution in [3.63, 3.8) is 0 Å². The Bertz CT molecular complexity index is 719. The van der Waals surface area contributed by atoms with Gasteiger partial charge in [0.2, 0.25) is 0 Å². The lowest BCUT2D eigenvalue weighted by molar-refractivity contribution is 0.0587. The van der Waals surface area contributed by atoms with Crippen molar-refractivity contribution in [2.75, 3.05) is 7.11 Å². The number of hydrogen-bond acceptors (Lipinski definition) is 5. The first-order chi connectivity index (χ1) is 9.88. The summed E-state index contributed by atoms with van der Waals surface area (Å²) in [6.45, 7) is 0. The van der Waals surface area contributed by atoms with Crippen molar-refractivity contribution in [3.05, 3.63) is 40.7 Å². The Morgan fingerprint density at radius 3 is 2.10 bits per heavy atom. The Balaban J connectivity index is 2.83. The number of aromatic hydroxyl groups is 2. The molecule has 21 heavy (non-hydrogen) atoms. The van der Waals surface area contributed by atoms with Gasteiger partial charge in [-0.25, -0.2) is 9.59 Å². The van der Waals surface area contributed by atoms with Crippen molar-refractivity contribution in [3.8, 4) is 17.2 Å². The minimum absolute atomic E-state index is 0.216. The van der Waals surface area contributed by atoms with Crippen molar-refractivity contribution >= 4 is 23.5 Å². The standard InChI is InChI=1S/C13H10ClNO6/c1-21-13(20)9-11(17)10(16)8(12(18)19)15(9)7-4-2-6(14)3-5-7/h2-5,16-17H,1H3,(H,18,19). The van der Waals surface area contributed by atoms with Crippen LogP contribution in [0.25, 0.3) is 5.69 Å². The molecule has 0 aliphatic rings. The second-order valence-corrected chi connectivity index (χ2v) is 4.44. The molecule has 0 atom stereocenters. The molecule has 0 spiro atoms. The second kappa shape index (κ2) is 5.37. The molecule has 7 nitrogen and oxygen atoms in total. The normalized spacial score (nSPS) is 10.4. The molecular weight excluding hydrogens is 302 g/mol. The smallest absolute Gasteiger partial charge is 0.359 e. The molecule has 8 heteroatoms. The van der Waals surface area contributed by atoms with Gasteiger partial charge in [-0.3, -0.25) is 4.57 Å². The third-order valence-corrected chi connectivity index (χ3v) is 3.04. The van der Waals surface area contributed by atoms with Crippen molar-refractivity contribution < 1.29 is 29.6 Å². The fourth-order valence-electron chi connectivity index (χ4n) is 1.88. The number of methoxy groups -OCH3 is 1. The van der Waals surface area contributed by atoms with Crippen LogP contribution < -0.4 is 0 Å². The Kier molecular flexibility index (Phi) is 3.77. The van der Waals surface area contributed by atoms with Crippen LogP contribution in [0.5, 0.6) is 11.5 Å². The van der Waals surface area contributed by atoms with Crippen LogP contribution in [-0.4, -0.2) is 38.9 Å². The number of esters is 1. The van der Waals surface area contributed by atoms with Gasteiger partial charge >= 0.3 is 11.9 Å². The monoisotopic (exact) mass is 311 g/mol. The zero-order chi connectivity index (χ0) is 15.7. The molecule has 0 fully saturated rings. The van der Waals surface area contributed by atoms with E-state index in [4.69, 9.17) is 11.6 Å². The van der Waals surface area contributed by atoms with Crippen molar-refractivity contribution in [1.82, 2.24) is 4.57 Å².